The van der Waals surface area contributed by atoms with Crippen LogP contribution in [-0.2, 0) is 19.6 Å². The zero-order chi connectivity index (χ0) is 13.6. The van der Waals surface area contributed by atoms with E-state index >= 15 is 0 Å². The van der Waals surface area contributed by atoms with Gasteiger partial charge >= 0.3 is 0 Å². The summed E-state index contributed by atoms with van der Waals surface area (Å²) in [5, 5.41) is 8.05. The van der Waals surface area contributed by atoms with E-state index in [1.807, 2.05) is 0 Å². The summed E-state index contributed by atoms with van der Waals surface area (Å²) < 4.78 is 25.4. The van der Waals surface area contributed by atoms with Crippen molar-refractivity contribution in [1.82, 2.24) is 19.8 Å². The number of amides is 2. The van der Waals surface area contributed by atoms with Crippen LogP contribution in [0.25, 0.3) is 0 Å². The highest BCUT2D eigenvalue weighted by molar-refractivity contribution is 7.89. The van der Waals surface area contributed by atoms with Crippen LogP contribution >= 0.6 is 0 Å². The molecule has 18 heavy (non-hydrogen) atoms. The van der Waals surface area contributed by atoms with Gasteiger partial charge in [0.05, 0.1) is 12.7 Å². The second kappa shape index (κ2) is 3.89. The summed E-state index contributed by atoms with van der Waals surface area (Å²) in [6, 6.07) is 0. The first kappa shape index (κ1) is 12.7. The normalized spacial score (nSPS) is 20.8. The monoisotopic (exact) mass is 272 g/mol. The zero-order valence-corrected chi connectivity index (χ0v) is 10.6. The summed E-state index contributed by atoms with van der Waals surface area (Å²) in [7, 11) is -3.93. The number of nitrogens with zero attached hydrogens (tertiary/aromatic N) is 2. The molecule has 1 aromatic heterocycles. The van der Waals surface area contributed by atoms with Crippen molar-refractivity contribution in [2.75, 3.05) is 6.54 Å². The molecule has 1 aliphatic heterocycles. The maximum atomic E-state index is 12.3. The molecule has 98 valence electrons. The molecule has 8 nitrogen and oxygen atoms in total. The van der Waals surface area contributed by atoms with E-state index in [1.54, 1.807) is 0 Å². The van der Waals surface area contributed by atoms with Gasteiger partial charge in [-0.1, -0.05) is 0 Å². The average Bonchev–Trinajstić information content (AvgIpc) is 2.77. The fraction of sp³-hybridized carbons (Fsp3) is 0.444. The van der Waals surface area contributed by atoms with Gasteiger partial charge in [0.25, 0.3) is 0 Å². The molecule has 1 aliphatic rings. The standard InChI is InChI=1S/C9H12N4O4S/c1-9(2)8(15)12-7(14)5-13(9)18(16,17)6-3-10-11-4-6/h3-4H,5H2,1-2H3,(H,10,11)(H,12,14,15). The molecule has 0 bridgehead atoms. The number of carbonyl (C=O) groups excluding carboxylic acids is 2. The molecular weight excluding hydrogens is 260 g/mol. The van der Waals surface area contributed by atoms with E-state index in [-0.39, 0.29) is 4.90 Å². The Morgan fingerprint density at radius 3 is 2.61 bits per heavy atom. The fourth-order valence-electron chi connectivity index (χ4n) is 1.65. The van der Waals surface area contributed by atoms with E-state index < -0.39 is 33.9 Å². The number of carbonyl (C=O) groups is 2. The summed E-state index contributed by atoms with van der Waals surface area (Å²) in [4.78, 5) is 22.9. The van der Waals surface area contributed by atoms with Crippen molar-refractivity contribution in [2.45, 2.75) is 24.3 Å². The number of sulfonamides is 1. The first-order chi connectivity index (χ1) is 8.26. The summed E-state index contributed by atoms with van der Waals surface area (Å²) in [5.74, 6) is -1.29. The number of imide groups is 1. The molecule has 2 amide bonds. The van der Waals surface area contributed by atoms with Crippen molar-refractivity contribution >= 4 is 21.8 Å². The van der Waals surface area contributed by atoms with E-state index in [9.17, 15) is 18.0 Å². The van der Waals surface area contributed by atoms with Crippen LogP contribution in [0.15, 0.2) is 17.3 Å². The number of nitrogens with one attached hydrogen (secondary N) is 2. The lowest BCUT2D eigenvalue weighted by molar-refractivity contribution is -0.141. The summed E-state index contributed by atoms with van der Waals surface area (Å²) >= 11 is 0. The highest BCUT2D eigenvalue weighted by atomic mass is 32.2. The molecular formula is C9H12N4O4S. The third-order valence-electron chi connectivity index (χ3n) is 2.78. The van der Waals surface area contributed by atoms with Crippen molar-refractivity contribution in [3.05, 3.63) is 12.4 Å². The Labute approximate surface area is 103 Å². The molecule has 2 rings (SSSR count). The van der Waals surface area contributed by atoms with E-state index in [2.05, 4.69) is 15.5 Å². The van der Waals surface area contributed by atoms with Gasteiger partial charge in [-0.25, -0.2) is 8.42 Å². The average molecular weight is 272 g/mol. The third kappa shape index (κ3) is 1.81. The number of rotatable bonds is 2. The summed E-state index contributed by atoms with van der Waals surface area (Å²) in [6.07, 6.45) is 2.32. The minimum Gasteiger partial charge on any atom is -0.294 e. The number of piperazine rings is 1. The molecule has 9 heteroatoms. The molecule has 0 radical (unpaired) electrons. The maximum absolute atomic E-state index is 12.3. The Balaban J connectivity index is 2.49. The highest BCUT2D eigenvalue weighted by Gasteiger charge is 2.47. The number of aromatic amines is 1. The van der Waals surface area contributed by atoms with Gasteiger partial charge in [0.1, 0.15) is 10.4 Å². The molecule has 2 N–H and O–H groups in total. The Morgan fingerprint density at radius 1 is 1.39 bits per heavy atom. The van der Waals surface area contributed by atoms with Gasteiger partial charge < -0.3 is 0 Å². The van der Waals surface area contributed by atoms with Crippen LogP contribution in [0.1, 0.15) is 13.8 Å². The van der Waals surface area contributed by atoms with Crippen molar-refractivity contribution in [3.63, 3.8) is 0 Å². The first-order valence-corrected chi connectivity index (χ1v) is 6.56. The first-order valence-electron chi connectivity index (χ1n) is 5.12. The Kier molecular flexibility index (Phi) is 2.74. The van der Waals surface area contributed by atoms with Gasteiger partial charge in [-0.05, 0) is 13.8 Å². The van der Waals surface area contributed by atoms with Gasteiger partial charge in [-0.3, -0.25) is 20.0 Å². The van der Waals surface area contributed by atoms with Crippen molar-refractivity contribution < 1.29 is 18.0 Å². The molecule has 1 fully saturated rings. The van der Waals surface area contributed by atoms with E-state index in [0.717, 1.165) is 10.5 Å². The second-order valence-corrected chi connectivity index (χ2v) is 6.24. The molecule has 1 saturated heterocycles. The maximum Gasteiger partial charge on any atom is 0.247 e. The van der Waals surface area contributed by atoms with Gasteiger partial charge in [0.15, 0.2) is 0 Å². The molecule has 0 aromatic carbocycles. The Hall–Kier alpha value is -1.74. The quantitative estimate of drug-likeness (QED) is 0.659. The predicted octanol–water partition coefficient (Wildman–Crippen LogP) is -1.16. The van der Waals surface area contributed by atoms with Crippen LogP contribution in [0.2, 0.25) is 0 Å². The number of aromatic nitrogens is 2. The van der Waals surface area contributed by atoms with E-state index in [4.69, 9.17) is 0 Å². The summed E-state index contributed by atoms with van der Waals surface area (Å²) in [6.45, 7) is 2.48. The number of hydrogen-bond donors (Lipinski definition) is 2. The third-order valence-corrected chi connectivity index (χ3v) is 4.77. The smallest absolute Gasteiger partial charge is 0.247 e. The largest absolute Gasteiger partial charge is 0.294 e. The van der Waals surface area contributed by atoms with Gasteiger partial charge in [0, 0.05) is 6.20 Å². The van der Waals surface area contributed by atoms with E-state index in [0.29, 0.717) is 0 Å². The molecule has 0 unspecified atom stereocenters. The van der Waals surface area contributed by atoms with Crippen LogP contribution in [0, 0.1) is 0 Å². The lowest BCUT2D eigenvalue weighted by atomic mass is 10.0. The van der Waals surface area contributed by atoms with Gasteiger partial charge in [0.2, 0.25) is 21.8 Å². The predicted molar refractivity (Wildman–Crippen MR) is 59.7 cm³/mol. The minimum absolute atomic E-state index is 0.0851. The molecule has 0 saturated carbocycles. The summed E-state index contributed by atoms with van der Waals surface area (Å²) in [5.41, 5.74) is -1.33. The highest BCUT2D eigenvalue weighted by Crippen LogP contribution is 2.26. The van der Waals surface area contributed by atoms with E-state index in [1.165, 1.54) is 20.0 Å². The number of H-pyrrole nitrogens is 1. The fourth-order valence-corrected chi connectivity index (χ4v) is 3.27. The molecule has 0 spiro atoms. The van der Waals surface area contributed by atoms with Crippen LogP contribution in [0.4, 0.5) is 0 Å². The molecule has 0 aliphatic carbocycles. The molecule has 2 heterocycles. The Bertz CT molecular complexity index is 590. The zero-order valence-electron chi connectivity index (χ0n) is 9.80. The van der Waals surface area contributed by atoms with Gasteiger partial charge in [-0.15, -0.1) is 0 Å². The lowest BCUT2D eigenvalue weighted by Crippen LogP contribution is -2.65. The van der Waals surface area contributed by atoms with Crippen molar-refractivity contribution in [3.8, 4) is 0 Å². The van der Waals surface area contributed by atoms with Crippen LogP contribution in [0.3, 0.4) is 0 Å². The second-order valence-electron chi connectivity index (χ2n) is 4.38. The number of hydrogen-bond acceptors (Lipinski definition) is 5. The molecule has 1 aromatic rings. The minimum atomic E-state index is -3.93. The van der Waals surface area contributed by atoms with Crippen molar-refractivity contribution in [2.24, 2.45) is 0 Å². The molecule has 0 atom stereocenters. The lowest BCUT2D eigenvalue weighted by Gasteiger charge is -2.38. The SMILES string of the molecule is CC1(C)C(=O)NC(=O)CN1S(=O)(=O)c1cn[nH]c1. The van der Waals surface area contributed by atoms with Crippen LogP contribution in [-0.4, -0.2) is 46.8 Å². The van der Waals surface area contributed by atoms with Crippen LogP contribution in [0.5, 0.6) is 0 Å². The Morgan fingerprint density at radius 2 is 2.06 bits per heavy atom. The van der Waals surface area contributed by atoms with Crippen LogP contribution < -0.4 is 5.32 Å². The van der Waals surface area contributed by atoms with Crippen molar-refractivity contribution in [1.29, 1.82) is 0 Å². The topological polar surface area (TPSA) is 112 Å². The van der Waals surface area contributed by atoms with Gasteiger partial charge in [-0.2, -0.15) is 9.40 Å².